The Hall–Kier alpha value is -1.56. The number of carboxylic acid groups (broad SMARTS) is 1. The highest BCUT2D eigenvalue weighted by Crippen LogP contribution is 2.17. The average molecular weight is 343 g/mol. The third-order valence-electron chi connectivity index (χ3n) is 3.15. The van der Waals surface area contributed by atoms with Crippen LogP contribution in [0.15, 0.2) is 28.7 Å². The number of benzene rings is 1. The zero-order chi connectivity index (χ0) is 15.3. The summed E-state index contributed by atoms with van der Waals surface area (Å²) in [7, 11) is 0. The summed E-state index contributed by atoms with van der Waals surface area (Å²) >= 11 is 3.40. The number of likely N-dealkylation sites (N-methyl/N-ethyl adjacent to an activating group) is 1. The molecule has 1 aromatic carbocycles. The molecule has 20 heavy (non-hydrogen) atoms. The highest BCUT2D eigenvalue weighted by atomic mass is 79.9. The lowest BCUT2D eigenvalue weighted by Gasteiger charge is -2.34. The molecule has 0 fully saturated rings. The summed E-state index contributed by atoms with van der Waals surface area (Å²) in [5.41, 5.74) is -0.308. The minimum absolute atomic E-state index is 0.321. The van der Waals surface area contributed by atoms with Crippen LogP contribution in [-0.4, -0.2) is 34.1 Å². The largest absolute Gasteiger partial charge is 0.480 e. The molecule has 2 amide bonds. The van der Waals surface area contributed by atoms with E-state index in [1.54, 1.807) is 6.92 Å². The molecule has 0 atom stereocenters. The number of halogens is 1. The van der Waals surface area contributed by atoms with E-state index in [2.05, 4.69) is 21.2 Å². The molecule has 0 aliphatic heterocycles. The van der Waals surface area contributed by atoms with Crippen LogP contribution in [0.4, 0.5) is 4.79 Å². The van der Waals surface area contributed by atoms with Gasteiger partial charge in [-0.15, -0.1) is 0 Å². The fourth-order valence-corrected chi connectivity index (χ4v) is 2.24. The topological polar surface area (TPSA) is 69.6 Å². The lowest BCUT2D eigenvalue weighted by atomic mass is 10.0. The number of nitrogens with one attached hydrogen (secondary N) is 1. The Kier molecular flexibility index (Phi) is 5.56. The van der Waals surface area contributed by atoms with E-state index in [1.807, 2.05) is 24.3 Å². The average Bonchev–Trinajstić information content (AvgIpc) is 2.38. The number of urea groups is 1. The molecular formula is C14H19BrN2O3. The summed E-state index contributed by atoms with van der Waals surface area (Å²) in [4.78, 5) is 24.7. The van der Waals surface area contributed by atoms with Gasteiger partial charge in [0.2, 0.25) is 0 Å². The Morgan fingerprint density at radius 1 is 1.35 bits per heavy atom. The van der Waals surface area contributed by atoms with Crippen LogP contribution in [-0.2, 0) is 11.3 Å². The standard InChI is InChI=1S/C14H19BrN2O3/c1-4-17(14(2,3)12(18)19)13(20)16-9-10-7-5-6-8-11(10)15/h5-8H,4,9H2,1-3H3,(H,16,20)(H,18,19). The summed E-state index contributed by atoms with van der Waals surface area (Å²) in [5, 5.41) is 11.9. The maximum atomic E-state index is 12.1. The van der Waals surface area contributed by atoms with Crippen LogP contribution >= 0.6 is 15.9 Å². The van der Waals surface area contributed by atoms with Gasteiger partial charge in [0.05, 0.1) is 0 Å². The molecule has 0 saturated heterocycles. The molecule has 1 rings (SSSR count). The lowest BCUT2D eigenvalue weighted by molar-refractivity contribution is -0.147. The smallest absolute Gasteiger partial charge is 0.329 e. The minimum Gasteiger partial charge on any atom is -0.480 e. The quantitative estimate of drug-likeness (QED) is 0.864. The van der Waals surface area contributed by atoms with Crippen LogP contribution < -0.4 is 5.32 Å². The first-order valence-corrected chi connectivity index (χ1v) is 7.12. The molecule has 0 unspecified atom stereocenters. The van der Waals surface area contributed by atoms with Gasteiger partial charge in [-0.1, -0.05) is 34.1 Å². The maximum absolute atomic E-state index is 12.1. The van der Waals surface area contributed by atoms with Gasteiger partial charge in [0.15, 0.2) is 0 Å². The molecule has 110 valence electrons. The summed E-state index contributed by atoms with van der Waals surface area (Å²) in [6.45, 7) is 5.43. The minimum atomic E-state index is -1.24. The van der Waals surface area contributed by atoms with Gasteiger partial charge < -0.3 is 15.3 Å². The Bertz CT molecular complexity index is 503. The van der Waals surface area contributed by atoms with E-state index >= 15 is 0 Å². The van der Waals surface area contributed by atoms with Crippen LogP contribution in [0.3, 0.4) is 0 Å². The molecule has 0 aromatic heterocycles. The molecule has 0 aliphatic carbocycles. The SMILES string of the molecule is CCN(C(=O)NCc1ccccc1Br)C(C)(C)C(=O)O. The van der Waals surface area contributed by atoms with Crippen LogP contribution in [0.2, 0.25) is 0 Å². The van der Waals surface area contributed by atoms with Crippen molar-refractivity contribution in [2.75, 3.05) is 6.54 Å². The molecule has 0 radical (unpaired) electrons. The van der Waals surface area contributed by atoms with Crippen molar-refractivity contribution >= 4 is 27.9 Å². The van der Waals surface area contributed by atoms with E-state index in [0.717, 1.165) is 10.0 Å². The molecule has 0 bridgehead atoms. The van der Waals surface area contributed by atoms with E-state index < -0.39 is 17.5 Å². The summed E-state index contributed by atoms with van der Waals surface area (Å²) in [5.74, 6) is -1.03. The number of carbonyl (C=O) groups is 2. The Morgan fingerprint density at radius 2 is 1.95 bits per heavy atom. The molecule has 0 saturated carbocycles. The number of rotatable bonds is 5. The van der Waals surface area contributed by atoms with E-state index in [1.165, 1.54) is 18.7 Å². The van der Waals surface area contributed by atoms with Crippen molar-refractivity contribution in [1.29, 1.82) is 0 Å². The molecule has 0 heterocycles. The number of amides is 2. The number of nitrogens with zero attached hydrogens (tertiary/aromatic N) is 1. The molecular weight excluding hydrogens is 324 g/mol. The molecule has 1 aromatic rings. The first-order valence-electron chi connectivity index (χ1n) is 6.33. The molecule has 6 heteroatoms. The van der Waals surface area contributed by atoms with Gasteiger partial charge in [0, 0.05) is 17.6 Å². The van der Waals surface area contributed by atoms with Crippen molar-refractivity contribution in [3.63, 3.8) is 0 Å². The summed E-state index contributed by atoms with van der Waals surface area (Å²) in [6, 6.07) is 7.16. The number of hydrogen-bond donors (Lipinski definition) is 2. The fourth-order valence-electron chi connectivity index (χ4n) is 1.82. The predicted octanol–water partition coefficient (Wildman–Crippen LogP) is 2.84. The number of aliphatic carboxylic acids is 1. The lowest BCUT2D eigenvalue weighted by Crippen LogP contribution is -2.55. The van der Waals surface area contributed by atoms with Crippen molar-refractivity contribution in [2.24, 2.45) is 0 Å². The van der Waals surface area contributed by atoms with Crippen molar-refractivity contribution in [1.82, 2.24) is 10.2 Å². The highest BCUT2D eigenvalue weighted by Gasteiger charge is 2.36. The third kappa shape index (κ3) is 3.72. The monoisotopic (exact) mass is 342 g/mol. The second-order valence-electron chi connectivity index (χ2n) is 4.86. The van der Waals surface area contributed by atoms with Gasteiger partial charge in [-0.2, -0.15) is 0 Å². The third-order valence-corrected chi connectivity index (χ3v) is 3.92. The molecule has 0 spiro atoms. The van der Waals surface area contributed by atoms with E-state index in [9.17, 15) is 14.7 Å². The van der Waals surface area contributed by atoms with Gasteiger partial charge in [-0.3, -0.25) is 0 Å². The normalized spacial score (nSPS) is 11.0. The van der Waals surface area contributed by atoms with Gasteiger partial charge >= 0.3 is 12.0 Å². The van der Waals surface area contributed by atoms with Crippen molar-refractivity contribution in [2.45, 2.75) is 32.9 Å². The highest BCUT2D eigenvalue weighted by molar-refractivity contribution is 9.10. The Labute approximate surface area is 127 Å². The van der Waals surface area contributed by atoms with Gasteiger partial charge in [-0.25, -0.2) is 9.59 Å². The second kappa shape index (κ2) is 6.74. The predicted molar refractivity (Wildman–Crippen MR) is 80.5 cm³/mol. The van der Waals surface area contributed by atoms with E-state index in [0.29, 0.717) is 13.1 Å². The van der Waals surface area contributed by atoms with Gasteiger partial charge in [0.25, 0.3) is 0 Å². The second-order valence-corrected chi connectivity index (χ2v) is 5.71. The molecule has 2 N–H and O–H groups in total. The zero-order valence-corrected chi connectivity index (χ0v) is 13.4. The molecule has 0 aliphatic rings. The van der Waals surface area contributed by atoms with Crippen molar-refractivity contribution < 1.29 is 14.7 Å². The number of carbonyl (C=O) groups excluding carboxylic acids is 1. The van der Waals surface area contributed by atoms with Crippen LogP contribution in [0.1, 0.15) is 26.3 Å². The van der Waals surface area contributed by atoms with Crippen LogP contribution in [0, 0.1) is 0 Å². The van der Waals surface area contributed by atoms with Gasteiger partial charge in [-0.05, 0) is 32.4 Å². The Balaban J connectivity index is 2.75. The molecule has 5 nitrogen and oxygen atoms in total. The number of carboxylic acids is 1. The summed E-state index contributed by atoms with van der Waals surface area (Å²) in [6.07, 6.45) is 0. The first-order chi connectivity index (χ1) is 9.30. The van der Waals surface area contributed by atoms with E-state index in [4.69, 9.17) is 0 Å². The first kappa shape index (κ1) is 16.5. The van der Waals surface area contributed by atoms with Crippen LogP contribution in [0.25, 0.3) is 0 Å². The zero-order valence-electron chi connectivity index (χ0n) is 11.8. The van der Waals surface area contributed by atoms with Crippen molar-refractivity contribution in [3.05, 3.63) is 34.3 Å². The summed E-state index contributed by atoms with van der Waals surface area (Å²) < 4.78 is 0.904. The maximum Gasteiger partial charge on any atom is 0.329 e. The van der Waals surface area contributed by atoms with Crippen LogP contribution in [0.5, 0.6) is 0 Å². The van der Waals surface area contributed by atoms with Crippen molar-refractivity contribution in [3.8, 4) is 0 Å². The Morgan fingerprint density at radius 3 is 2.45 bits per heavy atom. The van der Waals surface area contributed by atoms with E-state index in [-0.39, 0.29) is 0 Å². The number of hydrogen-bond acceptors (Lipinski definition) is 2. The fraction of sp³-hybridized carbons (Fsp3) is 0.429. The van der Waals surface area contributed by atoms with Gasteiger partial charge in [0.1, 0.15) is 5.54 Å².